The minimum Gasteiger partial charge on any atom is -0.475 e. The van der Waals surface area contributed by atoms with Crippen LogP contribution in [0.2, 0.25) is 0 Å². The van der Waals surface area contributed by atoms with E-state index in [9.17, 15) is 13.2 Å². The Hall–Kier alpha value is -1.31. The summed E-state index contributed by atoms with van der Waals surface area (Å²) in [5, 5.41) is 14.7. The van der Waals surface area contributed by atoms with Crippen molar-refractivity contribution in [2.45, 2.75) is 32.0 Å². The molecule has 0 radical (unpaired) electrons. The van der Waals surface area contributed by atoms with Crippen LogP contribution in [0.15, 0.2) is 5.16 Å². The summed E-state index contributed by atoms with van der Waals surface area (Å²) in [5.74, 6) is -0.261. The molecule has 2 N–H and O–H groups in total. The molecule has 1 unspecified atom stereocenters. The van der Waals surface area contributed by atoms with Crippen molar-refractivity contribution >= 4 is 11.7 Å². The molecule has 0 aromatic rings. The second kappa shape index (κ2) is 4.91. The summed E-state index contributed by atoms with van der Waals surface area (Å²) in [5.41, 5.74) is 1.28. The van der Waals surface area contributed by atoms with Gasteiger partial charge < -0.3 is 15.3 Å². The maximum absolute atomic E-state index is 10.6. The lowest BCUT2D eigenvalue weighted by Crippen LogP contribution is -2.22. The van der Waals surface area contributed by atoms with Crippen LogP contribution in [0.25, 0.3) is 0 Å². The molecule has 8 heteroatoms. The van der Waals surface area contributed by atoms with Crippen LogP contribution in [0.3, 0.4) is 0 Å². The molecule has 5 nitrogen and oxygen atoms in total. The fraction of sp³-hybridized carbons (Fsp3) is 0.833. The molecule has 0 aromatic heterocycles. The quantitative estimate of drug-likeness (QED) is 0.771. The Labute approximate surface area is 114 Å². The number of rotatable bonds is 1. The number of halogens is 3. The Balaban J connectivity index is 0.000000182. The van der Waals surface area contributed by atoms with Gasteiger partial charge in [0.1, 0.15) is 5.60 Å². The van der Waals surface area contributed by atoms with Crippen molar-refractivity contribution in [3.63, 3.8) is 0 Å². The first-order valence-corrected chi connectivity index (χ1v) is 6.37. The Morgan fingerprint density at radius 1 is 1.40 bits per heavy atom. The van der Waals surface area contributed by atoms with Crippen molar-refractivity contribution in [3.8, 4) is 0 Å². The van der Waals surface area contributed by atoms with E-state index in [1.165, 1.54) is 18.8 Å². The first kappa shape index (κ1) is 15.1. The molecule has 1 saturated carbocycles. The highest BCUT2D eigenvalue weighted by Gasteiger charge is 2.57. The topological polar surface area (TPSA) is 70.9 Å². The minimum atomic E-state index is -5.08. The van der Waals surface area contributed by atoms with Gasteiger partial charge in [-0.3, -0.25) is 0 Å². The van der Waals surface area contributed by atoms with Crippen molar-refractivity contribution in [3.05, 3.63) is 0 Å². The highest BCUT2D eigenvalue weighted by Crippen LogP contribution is 2.51. The molecular weight excluding hydrogens is 277 g/mol. The Morgan fingerprint density at radius 3 is 2.25 bits per heavy atom. The second-order valence-electron chi connectivity index (χ2n) is 5.93. The summed E-state index contributed by atoms with van der Waals surface area (Å²) in [4.78, 5) is 14.3. The van der Waals surface area contributed by atoms with E-state index < -0.39 is 12.1 Å². The molecular formula is C12H17F3N2O3. The molecule has 2 fully saturated rings. The SMILES string of the molecule is CC1(C)CC(C2[C@H]3CNC[C@@H]23)=NO1.O=C(O)C(F)(F)F. The normalized spacial score (nSPS) is 33.5. The number of carbonyl (C=O) groups is 1. The molecule has 2 aliphatic heterocycles. The first-order chi connectivity index (χ1) is 9.12. The fourth-order valence-corrected chi connectivity index (χ4v) is 2.77. The minimum absolute atomic E-state index is 0.0420. The molecule has 0 bridgehead atoms. The zero-order valence-corrected chi connectivity index (χ0v) is 11.2. The van der Waals surface area contributed by atoms with Crippen LogP contribution in [0.4, 0.5) is 13.2 Å². The predicted octanol–water partition coefficient (Wildman–Crippen LogP) is 1.64. The average Bonchev–Trinajstić information content (AvgIpc) is 2.68. The zero-order chi connectivity index (χ0) is 15.1. The predicted molar refractivity (Wildman–Crippen MR) is 64.2 cm³/mol. The van der Waals surface area contributed by atoms with Crippen LogP contribution in [-0.2, 0) is 9.63 Å². The van der Waals surface area contributed by atoms with Crippen LogP contribution in [-0.4, -0.2) is 41.7 Å². The van der Waals surface area contributed by atoms with Gasteiger partial charge in [0, 0.05) is 12.3 Å². The maximum atomic E-state index is 10.6. The van der Waals surface area contributed by atoms with E-state index in [4.69, 9.17) is 14.7 Å². The Morgan fingerprint density at radius 2 is 1.90 bits per heavy atom. The smallest absolute Gasteiger partial charge is 0.475 e. The van der Waals surface area contributed by atoms with Crippen LogP contribution in [0, 0.1) is 17.8 Å². The molecule has 3 atom stereocenters. The van der Waals surface area contributed by atoms with Gasteiger partial charge in [-0.05, 0) is 38.8 Å². The van der Waals surface area contributed by atoms with Crippen molar-refractivity contribution in [2.24, 2.45) is 22.9 Å². The molecule has 3 aliphatic rings. The summed E-state index contributed by atoms with van der Waals surface area (Å²) in [6.45, 7) is 6.60. The standard InChI is InChI=1S/C10H16N2O.C2HF3O2/c1-10(2)3-8(12-13-10)9-6-4-11-5-7(6)9;3-2(4,5)1(6)7/h6-7,9,11H,3-5H2,1-2H3;(H,6,7)/t6-,7+,9?;. The number of carboxylic acids is 1. The van der Waals surface area contributed by atoms with Crippen molar-refractivity contribution in [1.29, 1.82) is 0 Å². The lowest BCUT2D eigenvalue weighted by Gasteiger charge is -2.13. The highest BCUT2D eigenvalue weighted by atomic mass is 19.4. The third kappa shape index (κ3) is 3.23. The molecule has 2 heterocycles. The number of nitrogens with zero attached hydrogens (tertiary/aromatic N) is 1. The van der Waals surface area contributed by atoms with Crippen LogP contribution >= 0.6 is 0 Å². The molecule has 114 valence electrons. The first-order valence-electron chi connectivity index (χ1n) is 6.37. The van der Waals surface area contributed by atoms with Gasteiger partial charge in [-0.15, -0.1) is 0 Å². The van der Waals surface area contributed by atoms with E-state index in [0.29, 0.717) is 0 Å². The third-order valence-electron chi connectivity index (χ3n) is 3.74. The summed E-state index contributed by atoms with van der Waals surface area (Å²) >= 11 is 0. The number of carboxylic acid groups (broad SMARTS) is 1. The van der Waals surface area contributed by atoms with E-state index in [0.717, 1.165) is 24.2 Å². The molecule has 0 spiro atoms. The van der Waals surface area contributed by atoms with Crippen LogP contribution in [0.1, 0.15) is 20.3 Å². The number of fused-ring (bicyclic) bond motifs is 1. The van der Waals surface area contributed by atoms with Gasteiger partial charge in [-0.25, -0.2) is 4.79 Å². The lowest BCUT2D eigenvalue weighted by atomic mass is 9.98. The number of oxime groups is 1. The highest BCUT2D eigenvalue weighted by molar-refractivity contribution is 5.91. The second-order valence-corrected chi connectivity index (χ2v) is 5.93. The van der Waals surface area contributed by atoms with Gasteiger partial charge in [-0.1, -0.05) is 5.16 Å². The van der Waals surface area contributed by atoms with Gasteiger partial charge in [0.25, 0.3) is 0 Å². The third-order valence-corrected chi connectivity index (χ3v) is 3.74. The number of hydrogen-bond donors (Lipinski definition) is 2. The number of alkyl halides is 3. The van der Waals surface area contributed by atoms with E-state index >= 15 is 0 Å². The van der Waals surface area contributed by atoms with Crippen LogP contribution in [0.5, 0.6) is 0 Å². The van der Waals surface area contributed by atoms with E-state index in [2.05, 4.69) is 24.3 Å². The van der Waals surface area contributed by atoms with E-state index in [1.54, 1.807) is 0 Å². The fourth-order valence-electron chi connectivity index (χ4n) is 2.77. The maximum Gasteiger partial charge on any atom is 0.490 e. The lowest BCUT2D eigenvalue weighted by molar-refractivity contribution is -0.192. The number of nitrogens with one attached hydrogen (secondary N) is 1. The molecule has 1 aliphatic carbocycles. The number of aliphatic carboxylic acids is 1. The van der Waals surface area contributed by atoms with Crippen LogP contribution < -0.4 is 5.32 Å². The number of piperidine rings is 1. The Bertz CT molecular complexity index is 424. The molecule has 1 saturated heterocycles. The van der Waals surface area contributed by atoms with E-state index in [1.807, 2.05) is 0 Å². The summed E-state index contributed by atoms with van der Waals surface area (Å²) in [7, 11) is 0. The van der Waals surface area contributed by atoms with E-state index in [-0.39, 0.29) is 5.60 Å². The molecule has 20 heavy (non-hydrogen) atoms. The van der Waals surface area contributed by atoms with Crippen molar-refractivity contribution in [2.75, 3.05) is 13.1 Å². The van der Waals surface area contributed by atoms with Gasteiger partial charge in [0.15, 0.2) is 0 Å². The molecule has 3 rings (SSSR count). The average molecular weight is 294 g/mol. The summed E-state index contributed by atoms with van der Waals surface area (Å²) in [6, 6.07) is 0. The monoisotopic (exact) mass is 294 g/mol. The van der Waals surface area contributed by atoms with Gasteiger partial charge in [0.05, 0.1) is 5.71 Å². The molecule has 0 amide bonds. The van der Waals surface area contributed by atoms with Crippen molar-refractivity contribution < 1.29 is 27.9 Å². The molecule has 0 aromatic carbocycles. The largest absolute Gasteiger partial charge is 0.490 e. The van der Waals surface area contributed by atoms with Gasteiger partial charge >= 0.3 is 12.1 Å². The number of hydrogen-bond acceptors (Lipinski definition) is 4. The van der Waals surface area contributed by atoms with Crippen molar-refractivity contribution in [1.82, 2.24) is 5.32 Å². The summed E-state index contributed by atoms with van der Waals surface area (Å²) in [6.07, 6.45) is -4.05. The summed E-state index contributed by atoms with van der Waals surface area (Å²) < 4.78 is 31.7. The zero-order valence-electron chi connectivity index (χ0n) is 11.2. The van der Waals surface area contributed by atoms with Gasteiger partial charge in [-0.2, -0.15) is 13.2 Å². The Kier molecular flexibility index (Phi) is 3.70. The van der Waals surface area contributed by atoms with Gasteiger partial charge in [0.2, 0.25) is 0 Å².